The molecule has 0 saturated heterocycles. The summed E-state index contributed by atoms with van der Waals surface area (Å²) in [6.07, 6.45) is 7.16. The second kappa shape index (κ2) is 7.32. The van der Waals surface area contributed by atoms with Gasteiger partial charge in [0.2, 0.25) is 0 Å². The highest BCUT2D eigenvalue weighted by molar-refractivity contribution is 4.83. The third kappa shape index (κ3) is 3.76. The van der Waals surface area contributed by atoms with Gasteiger partial charge in [-0.15, -0.1) is 0 Å². The van der Waals surface area contributed by atoms with Crippen LogP contribution >= 0.6 is 0 Å². The minimum absolute atomic E-state index is 0.915. The van der Waals surface area contributed by atoms with Gasteiger partial charge in [0, 0.05) is 0 Å². The van der Waals surface area contributed by atoms with Gasteiger partial charge in [0.05, 0.1) is 0 Å². The van der Waals surface area contributed by atoms with E-state index in [0.717, 1.165) is 30.2 Å². The van der Waals surface area contributed by atoms with E-state index in [1.54, 1.807) is 0 Å². The third-order valence-corrected chi connectivity index (χ3v) is 4.77. The highest BCUT2D eigenvalue weighted by atomic mass is 14.8. The van der Waals surface area contributed by atoms with Gasteiger partial charge in [0.1, 0.15) is 0 Å². The quantitative estimate of drug-likeness (QED) is 0.718. The van der Waals surface area contributed by atoms with Gasteiger partial charge in [0.25, 0.3) is 0 Å². The van der Waals surface area contributed by atoms with Crippen LogP contribution in [0.1, 0.15) is 59.8 Å². The van der Waals surface area contributed by atoms with Crippen LogP contribution < -0.4 is 5.32 Å². The maximum atomic E-state index is 3.56. The molecular formula is C15H31N. The number of hydrogen-bond donors (Lipinski definition) is 1. The van der Waals surface area contributed by atoms with E-state index in [0.29, 0.717) is 0 Å². The Bertz CT molecular complexity index is 178. The molecule has 0 heterocycles. The Labute approximate surface area is 102 Å². The van der Waals surface area contributed by atoms with Crippen molar-refractivity contribution in [2.24, 2.45) is 23.7 Å². The van der Waals surface area contributed by atoms with Crippen molar-refractivity contribution in [3.63, 3.8) is 0 Å². The van der Waals surface area contributed by atoms with Gasteiger partial charge >= 0.3 is 0 Å². The summed E-state index contributed by atoms with van der Waals surface area (Å²) >= 11 is 0. The lowest BCUT2D eigenvalue weighted by Gasteiger charge is -2.39. The summed E-state index contributed by atoms with van der Waals surface area (Å²) in [6, 6.07) is 0. The highest BCUT2D eigenvalue weighted by Gasteiger charge is 2.32. The van der Waals surface area contributed by atoms with E-state index in [2.05, 4.69) is 33.0 Å². The normalized spacial score (nSPS) is 32.6. The van der Waals surface area contributed by atoms with Gasteiger partial charge < -0.3 is 5.32 Å². The van der Waals surface area contributed by atoms with E-state index >= 15 is 0 Å². The van der Waals surface area contributed by atoms with E-state index in [-0.39, 0.29) is 0 Å². The van der Waals surface area contributed by atoms with E-state index < -0.39 is 0 Å². The van der Waals surface area contributed by atoms with Crippen molar-refractivity contribution in [2.75, 3.05) is 13.1 Å². The Balaban J connectivity index is 2.52. The fraction of sp³-hybridized carbons (Fsp3) is 1.00. The molecule has 1 nitrogen and oxygen atoms in total. The Hall–Kier alpha value is -0.0400. The maximum Gasteiger partial charge on any atom is -0.00179 e. The molecule has 0 amide bonds. The molecule has 16 heavy (non-hydrogen) atoms. The summed E-state index contributed by atoms with van der Waals surface area (Å²) < 4.78 is 0. The van der Waals surface area contributed by atoms with Gasteiger partial charge in [-0.2, -0.15) is 0 Å². The average molecular weight is 225 g/mol. The second-order valence-corrected chi connectivity index (χ2v) is 5.70. The Morgan fingerprint density at radius 2 is 1.94 bits per heavy atom. The first-order valence-electron chi connectivity index (χ1n) is 7.43. The fourth-order valence-corrected chi connectivity index (χ4v) is 3.31. The highest BCUT2D eigenvalue weighted by Crippen LogP contribution is 2.40. The number of hydrogen-bond acceptors (Lipinski definition) is 1. The molecule has 0 aromatic rings. The predicted molar refractivity (Wildman–Crippen MR) is 72.6 cm³/mol. The first-order valence-corrected chi connectivity index (χ1v) is 7.43. The molecule has 1 saturated carbocycles. The van der Waals surface area contributed by atoms with Crippen LogP contribution in [0, 0.1) is 23.7 Å². The molecule has 1 aliphatic carbocycles. The molecule has 1 aliphatic rings. The zero-order chi connectivity index (χ0) is 12.0. The Kier molecular flexibility index (Phi) is 6.41. The summed E-state index contributed by atoms with van der Waals surface area (Å²) in [5.41, 5.74) is 0. The third-order valence-electron chi connectivity index (χ3n) is 4.77. The van der Waals surface area contributed by atoms with Crippen molar-refractivity contribution >= 4 is 0 Å². The van der Waals surface area contributed by atoms with Gasteiger partial charge in [-0.05, 0) is 49.6 Å². The average Bonchev–Trinajstić information content (AvgIpc) is 2.35. The zero-order valence-electron chi connectivity index (χ0n) is 11.8. The van der Waals surface area contributed by atoms with Crippen LogP contribution in [0.3, 0.4) is 0 Å². The van der Waals surface area contributed by atoms with Crippen LogP contribution in [0.25, 0.3) is 0 Å². The minimum atomic E-state index is 0.915. The van der Waals surface area contributed by atoms with Crippen LogP contribution in [-0.4, -0.2) is 13.1 Å². The Morgan fingerprint density at radius 1 is 1.19 bits per heavy atom. The van der Waals surface area contributed by atoms with Crippen molar-refractivity contribution in [3.8, 4) is 0 Å². The van der Waals surface area contributed by atoms with E-state index in [1.807, 2.05) is 0 Å². The number of rotatable bonds is 6. The lowest BCUT2D eigenvalue weighted by atomic mass is 9.68. The number of nitrogens with one attached hydrogen (secondary N) is 1. The predicted octanol–water partition coefficient (Wildman–Crippen LogP) is 4.08. The summed E-state index contributed by atoms with van der Waals surface area (Å²) in [5, 5.41) is 3.56. The minimum Gasteiger partial charge on any atom is -0.317 e. The van der Waals surface area contributed by atoms with E-state index in [1.165, 1.54) is 38.6 Å². The molecule has 1 fully saturated rings. The summed E-state index contributed by atoms with van der Waals surface area (Å²) in [6.45, 7) is 11.8. The van der Waals surface area contributed by atoms with Crippen molar-refractivity contribution in [2.45, 2.75) is 59.8 Å². The van der Waals surface area contributed by atoms with Gasteiger partial charge in [-0.3, -0.25) is 0 Å². The largest absolute Gasteiger partial charge is 0.317 e. The molecule has 0 radical (unpaired) electrons. The van der Waals surface area contributed by atoms with Crippen LogP contribution in [0.15, 0.2) is 0 Å². The molecular weight excluding hydrogens is 194 g/mol. The second-order valence-electron chi connectivity index (χ2n) is 5.70. The van der Waals surface area contributed by atoms with Gasteiger partial charge in [-0.1, -0.05) is 47.0 Å². The first-order chi connectivity index (χ1) is 7.72. The zero-order valence-corrected chi connectivity index (χ0v) is 11.8. The lowest BCUT2D eigenvalue weighted by Crippen LogP contribution is -2.36. The van der Waals surface area contributed by atoms with Crippen molar-refractivity contribution in [3.05, 3.63) is 0 Å². The van der Waals surface area contributed by atoms with E-state index in [4.69, 9.17) is 0 Å². The maximum absolute atomic E-state index is 3.56. The van der Waals surface area contributed by atoms with Crippen LogP contribution in [0.4, 0.5) is 0 Å². The molecule has 0 spiro atoms. The molecule has 4 unspecified atom stereocenters. The van der Waals surface area contributed by atoms with Gasteiger partial charge in [0.15, 0.2) is 0 Å². The van der Waals surface area contributed by atoms with Crippen LogP contribution in [-0.2, 0) is 0 Å². The molecule has 0 aromatic heterocycles. The molecule has 96 valence electrons. The summed E-state index contributed by atoms with van der Waals surface area (Å²) in [5.74, 6) is 3.84. The first kappa shape index (κ1) is 14.0. The summed E-state index contributed by atoms with van der Waals surface area (Å²) in [4.78, 5) is 0. The van der Waals surface area contributed by atoms with Crippen molar-refractivity contribution in [1.29, 1.82) is 0 Å². The fourth-order valence-electron chi connectivity index (χ4n) is 3.31. The molecule has 4 atom stereocenters. The lowest BCUT2D eigenvalue weighted by molar-refractivity contribution is 0.121. The monoisotopic (exact) mass is 225 g/mol. The molecule has 1 rings (SSSR count). The van der Waals surface area contributed by atoms with Crippen molar-refractivity contribution in [1.82, 2.24) is 5.32 Å². The van der Waals surface area contributed by atoms with Crippen LogP contribution in [0.2, 0.25) is 0 Å². The van der Waals surface area contributed by atoms with Crippen molar-refractivity contribution < 1.29 is 0 Å². The smallest absolute Gasteiger partial charge is 0.00179 e. The molecule has 1 heteroatoms. The standard InChI is InChI=1S/C15H31N/c1-5-12(4)15-10-13(6-2)8-9-14(15)11-16-7-3/h12-16H,5-11H2,1-4H3. The molecule has 0 bridgehead atoms. The molecule has 0 aromatic carbocycles. The molecule has 0 aliphatic heterocycles. The Morgan fingerprint density at radius 3 is 2.50 bits per heavy atom. The van der Waals surface area contributed by atoms with Gasteiger partial charge in [-0.25, -0.2) is 0 Å². The van der Waals surface area contributed by atoms with Crippen LogP contribution in [0.5, 0.6) is 0 Å². The molecule has 1 N–H and O–H groups in total. The SMILES string of the molecule is CCNCC1CCC(CC)CC1C(C)CC. The van der Waals surface area contributed by atoms with E-state index in [9.17, 15) is 0 Å². The summed E-state index contributed by atoms with van der Waals surface area (Å²) in [7, 11) is 0. The topological polar surface area (TPSA) is 12.0 Å².